The lowest BCUT2D eigenvalue weighted by Gasteiger charge is -2.33. The van der Waals surface area contributed by atoms with Crippen LogP contribution in [0.4, 0.5) is 5.69 Å². The average Bonchev–Trinajstić information content (AvgIpc) is 2.54. The van der Waals surface area contributed by atoms with E-state index in [9.17, 15) is 9.59 Å². The van der Waals surface area contributed by atoms with E-state index >= 15 is 0 Å². The van der Waals surface area contributed by atoms with Gasteiger partial charge >= 0.3 is 5.97 Å². The minimum absolute atomic E-state index is 0.303. The fourth-order valence-corrected chi connectivity index (χ4v) is 2.95. The van der Waals surface area contributed by atoms with Crippen LogP contribution in [-0.2, 0) is 0 Å². The first-order chi connectivity index (χ1) is 11.0. The standard InChI is InChI=1S/C16H19N3O4/c1-10-8-18(6-5-17-10)11-3-4-12-14(7-11)19(23-2)9-13(15(12)20)16(21)22/h3-4,7,9-10,17H,5-6,8H2,1-2H3,(H,21,22). The quantitative estimate of drug-likeness (QED) is 0.860. The van der Waals surface area contributed by atoms with E-state index in [2.05, 4.69) is 17.1 Å². The molecule has 122 valence electrons. The number of carboxylic acid groups (broad SMARTS) is 1. The summed E-state index contributed by atoms with van der Waals surface area (Å²) in [5.41, 5.74) is 0.745. The molecule has 3 rings (SSSR count). The van der Waals surface area contributed by atoms with Gasteiger partial charge in [-0.25, -0.2) is 4.79 Å². The monoisotopic (exact) mass is 317 g/mol. The third-order valence-corrected chi connectivity index (χ3v) is 4.12. The summed E-state index contributed by atoms with van der Waals surface area (Å²) < 4.78 is 1.33. The number of nitrogens with zero attached hydrogens (tertiary/aromatic N) is 2. The SMILES string of the molecule is COn1cc(C(=O)O)c(=O)c2ccc(N3CCNC(C)C3)cc21. The molecule has 23 heavy (non-hydrogen) atoms. The van der Waals surface area contributed by atoms with Gasteiger partial charge in [0.2, 0.25) is 5.43 Å². The molecule has 1 fully saturated rings. The highest BCUT2D eigenvalue weighted by molar-refractivity contribution is 5.93. The maximum absolute atomic E-state index is 12.3. The van der Waals surface area contributed by atoms with E-state index in [-0.39, 0.29) is 5.56 Å². The summed E-state index contributed by atoms with van der Waals surface area (Å²) in [5.74, 6) is -1.26. The molecule has 2 aromatic rings. The van der Waals surface area contributed by atoms with Crippen molar-refractivity contribution in [3.8, 4) is 0 Å². The largest absolute Gasteiger partial charge is 0.477 e. The Balaban J connectivity index is 2.14. The second kappa shape index (κ2) is 5.92. The van der Waals surface area contributed by atoms with E-state index in [1.807, 2.05) is 12.1 Å². The van der Waals surface area contributed by atoms with Gasteiger partial charge < -0.3 is 20.2 Å². The molecule has 0 radical (unpaired) electrons. The van der Waals surface area contributed by atoms with Crippen LogP contribution in [0.25, 0.3) is 10.9 Å². The van der Waals surface area contributed by atoms with Crippen molar-refractivity contribution >= 4 is 22.6 Å². The highest BCUT2D eigenvalue weighted by Crippen LogP contribution is 2.22. The van der Waals surface area contributed by atoms with Crippen molar-refractivity contribution in [3.63, 3.8) is 0 Å². The molecule has 1 saturated heterocycles. The smallest absolute Gasteiger partial charge is 0.341 e. The summed E-state index contributed by atoms with van der Waals surface area (Å²) >= 11 is 0. The lowest BCUT2D eigenvalue weighted by atomic mass is 10.1. The normalized spacial score (nSPS) is 18.2. The number of nitrogens with one attached hydrogen (secondary N) is 1. The Morgan fingerprint density at radius 2 is 2.22 bits per heavy atom. The zero-order chi connectivity index (χ0) is 16.6. The summed E-state index contributed by atoms with van der Waals surface area (Å²) in [7, 11) is 1.44. The van der Waals surface area contributed by atoms with Crippen LogP contribution >= 0.6 is 0 Å². The van der Waals surface area contributed by atoms with Crippen LogP contribution in [0, 0.1) is 0 Å². The lowest BCUT2D eigenvalue weighted by molar-refractivity contribution is 0.0691. The van der Waals surface area contributed by atoms with E-state index in [0.29, 0.717) is 16.9 Å². The van der Waals surface area contributed by atoms with Gasteiger partial charge in [0, 0.05) is 31.4 Å². The van der Waals surface area contributed by atoms with Crippen LogP contribution in [-0.4, -0.2) is 48.6 Å². The second-order valence-corrected chi connectivity index (χ2v) is 5.69. The van der Waals surface area contributed by atoms with Crippen LogP contribution < -0.4 is 20.5 Å². The Kier molecular flexibility index (Phi) is 3.96. The number of carbonyl (C=O) groups is 1. The van der Waals surface area contributed by atoms with Gasteiger partial charge in [0.1, 0.15) is 12.7 Å². The number of hydrogen-bond donors (Lipinski definition) is 2. The van der Waals surface area contributed by atoms with Crippen LogP contribution in [0.1, 0.15) is 17.3 Å². The molecular weight excluding hydrogens is 298 g/mol. The zero-order valence-electron chi connectivity index (χ0n) is 13.1. The van der Waals surface area contributed by atoms with E-state index in [1.165, 1.54) is 18.0 Å². The first-order valence-corrected chi connectivity index (χ1v) is 7.47. The van der Waals surface area contributed by atoms with E-state index in [4.69, 9.17) is 9.94 Å². The van der Waals surface area contributed by atoms with Crippen molar-refractivity contribution in [2.24, 2.45) is 0 Å². The summed E-state index contributed by atoms with van der Waals surface area (Å²) in [6.45, 7) is 4.77. The number of anilines is 1. The van der Waals surface area contributed by atoms with Crippen molar-refractivity contribution in [1.29, 1.82) is 0 Å². The van der Waals surface area contributed by atoms with Crippen molar-refractivity contribution in [3.05, 3.63) is 40.2 Å². The zero-order valence-corrected chi connectivity index (χ0v) is 13.1. The fraction of sp³-hybridized carbons (Fsp3) is 0.375. The van der Waals surface area contributed by atoms with Gasteiger partial charge in [0.15, 0.2) is 0 Å². The van der Waals surface area contributed by atoms with Crippen molar-refractivity contribution in [1.82, 2.24) is 10.0 Å². The Hall–Kier alpha value is -2.54. The minimum atomic E-state index is -1.26. The van der Waals surface area contributed by atoms with Crippen LogP contribution in [0.5, 0.6) is 0 Å². The van der Waals surface area contributed by atoms with Crippen molar-refractivity contribution < 1.29 is 14.7 Å². The molecule has 1 aliphatic rings. The predicted octanol–water partition coefficient (Wildman–Crippen LogP) is 0.556. The molecule has 1 atom stereocenters. The molecule has 0 spiro atoms. The number of carboxylic acids is 1. The molecule has 2 heterocycles. The van der Waals surface area contributed by atoms with Gasteiger partial charge in [-0.3, -0.25) is 4.79 Å². The first kappa shape index (κ1) is 15.4. The molecule has 1 aliphatic heterocycles. The molecule has 0 amide bonds. The number of rotatable bonds is 3. The summed E-state index contributed by atoms with van der Waals surface area (Å²) in [6.07, 6.45) is 1.22. The molecule has 7 heteroatoms. The Bertz CT molecular complexity index is 815. The molecule has 0 aliphatic carbocycles. The van der Waals surface area contributed by atoms with Crippen molar-refractivity contribution in [2.45, 2.75) is 13.0 Å². The van der Waals surface area contributed by atoms with Gasteiger partial charge in [-0.2, -0.15) is 4.73 Å². The van der Waals surface area contributed by atoms with Gasteiger partial charge in [-0.15, -0.1) is 0 Å². The third-order valence-electron chi connectivity index (χ3n) is 4.12. The average molecular weight is 317 g/mol. The van der Waals surface area contributed by atoms with Crippen LogP contribution in [0.3, 0.4) is 0 Å². The molecule has 1 unspecified atom stereocenters. The summed E-state index contributed by atoms with van der Waals surface area (Å²) in [5, 5.41) is 12.9. The Morgan fingerprint density at radius 3 is 2.87 bits per heavy atom. The predicted molar refractivity (Wildman–Crippen MR) is 87.3 cm³/mol. The van der Waals surface area contributed by atoms with Gasteiger partial charge in [0.25, 0.3) is 0 Å². The maximum atomic E-state index is 12.3. The molecule has 1 aromatic heterocycles. The van der Waals surface area contributed by atoms with Crippen LogP contribution in [0.15, 0.2) is 29.2 Å². The summed E-state index contributed by atoms with van der Waals surface area (Å²) in [6, 6.07) is 5.78. The number of benzene rings is 1. The van der Waals surface area contributed by atoms with E-state index in [1.54, 1.807) is 6.07 Å². The Morgan fingerprint density at radius 1 is 1.43 bits per heavy atom. The molecule has 0 saturated carbocycles. The number of aromatic nitrogens is 1. The molecule has 7 nitrogen and oxygen atoms in total. The fourth-order valence-electron chi connectivity index (χ4n) is 2.95. The molecular formula is C16H19N3O4. The van der Waals surface area contributed by atoms with Crippen LogP contribution in [0.2, 0.25) is 0 Å². The minimum Gasteiger partial charge on any atom is -0.477 e. The highest BCUT2D eigenvalue weighted by Gasteiger charge is 2.19. The first-order valence-electron chi connectivity index (χ1n) is 7.47. The van der Waals surface area contributed by atoms with Gasteiger partial charge in [-0.05, 0) is 25.1 Å². The number of fused-ring (bicyclic) bond motifs is 1. The van der Waals surface area contributed by atoms with Crippen molar-refractivity contribution in [2.75, 3.05) is 31.6 Å². The number of piperazine rings is 1. The van der Waals surface area contributed by atoms with Gasteiger partial charge in [-0.1, -0.05) is 0 Å². The van der Waals surface area contributed by atoms with E-state index in [0.717, 1.165) is 25.3 Å². The Labute approximate surface area is 133 Å². The molecule has 1 aromatic carbocycles. The number of aromatic carboxylic acids is 1. The lowest BCUT2D eigenvalue weighted by Crippen LogP contribution is -2.49. The number of pyridine rings is 1. The number of hydrogen-bond acceptors (Lipinski definition) is 5. The van der Waals surface area contributed by atoms with Gasteiger partial charge in [0.05, 0.1) is 17.1 Å². The topological polar surface area (TPSA) is 83.8 Å². The summed E-state index contributed by atoms with van der Waals surface area (Å²) in [4.78, 5) is 31.0. The third kappa shape index (κ3) is 2.75. The highest BCUT2D eigenvalue weighted by atomic mass is 16.6. The molecule has 2 N–H and O–H groups in total. The maximum Gasteiger partial charge on any atom is 0.341 e. The van der Waals surface area contributed by atoms with E-state index < -0.39 is 11.4 Å². The molecule has 0 bridgehead atoms. The second-order valence-electron chi connectivity index (χ2n) is 5.69.